The molecule has 0 saturated heterocycles. The molecule has 1 heteroatoms. The molecule has 0 aromatic heterocycles. The summed E-state index contributed by atoms with van der Waals surface area (Å²) in [5.74, 6) is 1.48. The van der Waals surface area contributed by atoms with Gasteiger partial charge in [0.2, 0.25) is 0 Å². The average Bonchev–Trinajstić information content (AvgIpc) is 2.31. The molecule has 0 aliphatic heterocycles. The lowest BCUT2D eigenvalue weighted by molar-refractivity contribution is 0.131. The Labute approximate surface area is 113 Å². The number of rotatable bonds is 5. The minimum absolute atomic E-state index is 0.266. The number of aliphatic hydroxyl groups is 1. The van der Waals surface area contributed by atoms with E-state index in [-0.39, 0.29) is 6.61 Å². The van der Waals surface area contributed by atoms with Gasteiger partial charge in [0.1, 0.15) is 0 Å². The van der Waals surface area contributed by atoms with E-state index < -0.39 is 0 Å². The fourth-order valence-electron chi connectivity index (χ4n) is 3.12. The highest BCUT2D eigenvalue weighted by molar-refractivity contribution is 5.14. The molecule has 0 radical (unpaired) electrons. The highest BCUT2D eigenvalue weighted by Crippen LogP contribution is 2.47. The van der Waals surface area contributed by atoms with E-state index in [1.165, 1.54) is 18.4 Å². The molecule has 2 unspecified atom stereocenters. The second-order valence-electron chi connectivity index (χ2n) is 6.56. The first-order valence-corrected chi connectivity index (χ1v) is 7.32. The van der Waals surface area contributed by atoms with Crippen LogP contribution in [0.25, 0.3) is 0 Å². The molecule has 0 fully saturated rings. The lowest BCUT2D eigenvalue weighted by Crippen LogP contribution is -2.34. The van der Waals surface area contributed by atoms with Crippen LogP contribution >= 0.6 is 0 Å². The first-order chi connectivity index (χ1) is 8.39. The topological polar surface area (TPSA) is 20.2 Å². The van der Waals surface area contributed by atoms with Gasteiger partial charge in [-0.3, -0.25) is 0 Å². The Morgan fingerprint density at radius 3 is 2.78 bits per heavy atom. The van der Waals surface area contributed by atoms with Crippen LogP contribution in [0.15, 0.2) is 23.3 Å². The van der Waals surface area contributed by atoms with Gasteiger partial charge in [0.05, 0.1) is 0 Å². The Balaban J connectivity index is 2.64. The summed E-state index contributed by atoms with van der Waals surface area (Å²) >= 11 is 0. The van der Waals surface area contributed by atoms with Crippen molar-refractivity contribution in [3.8, 4) is 0 Å². The zero-order chi connectivity index (χ0) is 13.8. The van der Waals surface area contributed by atoms with Crippen molar-refractivity contribution in [3.05, 3.63) is 23.3 Å². The van der Waals surface area contributed by atoms with Crippen molar-refractivity contribution in [2.45, 2.75) is 60.3 Å². The van der Waals surface area contributed by atoms with Gasteiger partial charge in [0, 0.05) is 6.61 Å². The van der Waals surface area contributed by atoms with Crippen molar-refractivity contribution in [3.63, 3.8) is 0 Å². The van der Waals surface area contributed by atoms with Gasteiger partial charge in [0.25, 0.3) is 0 Å². The van der Waals surface area contributed by atoms with Gasteiger partial charge in [-0.05, 0) is 56.8 Å². The van der Waals surface area contributed by atoms with E-state index >= 15 is 0 Å². The van der Waals surface area contributed by atoms with Gasteiger partial charge >= 0.3 is 0 Å². The van der Waals surface area contributed by atoms with Crippen molar-refractivity contribution >= 4 is 0 Å². The van der Waals surface area contributed by atoms with Gasteiger partial charge in [-0.1, -0.05) is 44.1 Å². The quantitative estimate of drug-likeness (QED) is 0.700. The van der Waals surface area contributed by atoms with Crippen LogP contribution in [0.2, 0.25) is 0 Å². The smallest absolute Gasteiger partial charge is 0.0465 e. The third-order valence-electron chi connectivity index (χ3n) is 4.96. The first-order valence-electron chi connectivity index (χ1n) is 7.32. The van der Waals surface area contributed by atoms with E-state index in [9.17, 15) is 0 Å². The lowest BCUT2D eigenvalue weighted by Gasteiger charge is -2.43. The van der Waals surface area contributed by atoms with Crippen LogP contribution in [0.4, 0.5) is 0 Å². The van der Waals surface area contributed by atoms with E-state index in [1.807, 2.05) is 0 Å². The monoisotopic (exact) mass is 250 g/mol. The molecule has 104 valence electrons. The Morgan fingerprint density at radius 1 is 1.50 bits per heavy atom. The summed E-state index contributed by atoms with van der Waals surface area (Å²) < 4.78 is 0. The summed E-state index contributed by atoms with van der Waals surface area (Å²) in [5.41, 5.74) is 3.41. The molecular formula is C17H30O. The minimum atomic E-state index is 0.266. The van der Waals surface area contributed by atoms with E-state index in [2.05, 4.69) is 46.8 Å². The summed E-state index contributed by atoms with van der Waals surface area (Å²) in [6.07, 6.45) is 9.05. The fraction of sp³-hybridized carbons (Fsp3) is 0.765. The third-order valence-corrected chi connectivity index (χ3v) is 4.96. The number of aliphatic hydroxyl groups excluding tert-OH is 1. The molecule has 0 heterocycles. The summed E-state index contributed by atoms with van der Waals surface area (Å²) in [5, 5.41) is 8.84. The third kappa shape index (κ3) is 3.71. The molecule has 0 aromatic carbocycles. The lowest BCUT2D eigenvalue weighted by atomic mass is 9.61. The van der Waals surface area contributed by atoms with E-state index in [0.29, 0.717) is 11.3 Å². The summed E-state index contributed by atoms with van der Waals surface area (Å²) in [4.78, 5) is 0. The van der Waals surface area contributed by atoms with Crippen LogP contribution in [0, 0.1) is 17.3 Å². The first kappa shape index (κ1) is 15.5. The standard InChI is InChI=1S/C17H30O/c1-13(7-6-12-18)8-11-16-14(2)9-10-15(3)17(16,4)5/h7,9,15-16,18H,6,8,10-12H2,1-5H3/b13-7+. The molecule has 2 atom stereocenters. The van der Waals surface area contributed by atoms with Crippen LogP contribution in [-0.4, -0.2) is 11.7 Å². The summed E-state index contributed by atoms with van der Waals surface area (Å²) in [7, 11) is 0. The van der Waals surface area contributed by atoms with Crippen molar-refractivity contribution in [1.29, 1.82) is 0 Å². The second-order valence-corrected chi connectivity index (χ2v) is 6.56. The van der Waals surface area contributed by atoms with E-state index in [0.717, 1.165) is 18.8 Å². The van der Waals surface area contributed by atoms with Crippen LogP contribution in [-0.2, 0) is 0 Å². The summed E-state index contributed by atoms with van der Waals surface area (Å²) in [6, 6.07) is 0. The van der Waals surface area contributed by atoms with E-state index in [4.69, 9.17) is 5.11 Å². The molecule has 0 aromatic rings. The van der Waals surface area contributed by atoms with Crippen LogP contribution in [0.5, 0.6) is 0 Å². The number of hydrogen-bond acceptors (Lipinski definition) is 1. The highest BCUT2D eigenvalue weighted by Gasteiger charge is 2.37. The molecule has 0 saturated carbocycles. The SMILES string of the molecule is CC1=CCC(C)C(C)(C)C1CC/C(C)=C/CCO. The van der Waals surface area contributed by atoms with Crippen molar-refractivity contribution in [1.82, 2.24) is 0 Å². The predicted molar refractivity (Wildman–Crippen MR) is 79.5 cm³/mol. The maximum absolute atomic E-state index is 8.84. The Hall–Kier alpha value is -0.560. The van der Waals surface area contributed by atoms with Gasteiger partial charge in [-0.25, -0.2) is 0 Å². The van der Waals surface area contributed by atoms with Gasteiger partial charge in [-0.15, -0.1) is 0 Å². The molecular weight excluding hydrogens is 220 g/mol. The number of allylic oxidation sites excluding steroid dienone is 3. The maximum atomic E-state index is 8.84. The van der Waals surface area contributed by atoms with E-state index in [1.54, 1.807) is 5.57 Å². The highest BCUT2D eigenvalue weighted by atomic mass is 16.2. The molecule has 1 N–H and O–H groups in total. The largest absolute Gasteiger partial charge is 0.396 e. The average molecular weight is 250 g/mol. The van der Waals surface area contributed by atoms with Gasteiger partial charge in [-0.2, -0.15) is 0 Å². The molecule has 1 nitrogen and oxygen atoms in total. The predicted octanol–water partition coefficient (Wildman–Crippen LogP) is 4.72. The van der Waals surface area contributed by atoms with Crippen LogP contribution < -0.4 is 0 Å². The zero-order valence-electron chi connectivity index (χ0n) is 12.8. The minimum Gasteiger partial charge on any atom is -0.396 e. The second kappa shape index (κ2) is 6.56. The molecule has 0 bridgehead atoms. The Morgan fingerprint density at radius 2 is 2.17 bits per heavy atom. The molecule has 1 aliphatic rings. The van der Waals surface area contributed by atoms with Crippen molar-refractivity contribution in [2.24, 2.45) is 17.3 Å². The molecule has 1 rings (SSSR count). The zero-order valence-corrected chi connectivity index (χ0v) is 12.8. The maximum Gasteiger partial charge on any atom is 0.0465 e. The molecule has 0 amide bonds. The molecule has 0 spiro atoms. The van der Waals surface area contributed by atoms with Gasteiger partial charge < -0.3 is 5.11 Å². The number of hydrogen-bond donors (Lipinski definition) is 1. The van der Waals surface area contributed by atoms with Gasteiger partial charge in [0.15, 0.2) is 0 Å². The van der Waals surface area contributed by atoms with Crippen LogP contribution in [0.1, 0.15) is 60.3 Å². The Kier molecular flexibility index (Phi) is 5.65. The van der Waals surface area contributed by atoms with Crippen LogP contribution in [0.3, 0.4) is 0 Å². The molecule has 1 aliphatic carbocycles. The van der Waals surface area contributed by atoms with Crippen molar-refractivity contribution < 1.29 is 5.11 Å². The van der Waals surface area contributed by atoms with Crippen molar-refractivity contribution in [2.75, 3.05) is 6.61 Å². The summed E-state index contributed by atoms with van der Waals surface area (Å²) in [6.45, 7) is 12.0. The fourth-order valence-corrected chi connectivity index (χ4v) is 3.12. The Bertz CT molecular complexity index is 323. The normalized spacial score (nSPS) is 28.1. The molecule has 18 heavy (non-hydrogen) atoms.